The highest BCUT2D eigenvalue weighted by Crippen LogP contribution is 2.38. The van der Waals surface area contributed by atoms with Gasteiger partial charge in [-0.2, -0.15) is 5.10 Å². The van der Waals surface area contributed by atoms with Gasteiger partial charge in [0.15, 0.2) is 6.61 Å². The Labute approximate surface area is 168 Å². The molecule has 148 valence electrons. The fourth-order valence-corrected chi connectivity index (χ4v) is 3.57. The molecule has 2 aromatic carbocycles. The number of amides is 2. The molecule has 0 aliphatic carbocycles. The van der Waals surface area contributed by atoms with Gasteiger partial charge in [0.1, 0.15) is 11.6 Å². The molecule has 0 radical (unpaired) electrons. The van der Waals surface area contributed by atoms with Crippen LogP contribution in [0.5, 0.6) is 5.75 Å². The van der Waals surface area contributed by atoms with E-state index in [4.69, 9.17) is 10.5 Å². The van der Waals surface area contributed by atoms with E-state index in [1.54, 1.807) is 16.8 Å². The number of hydrogen-bond donors (Lipinski definition) is 2. The van der Waals surface area contributed by atoms with Gasteiger partial charge in [-0.25, -0.2) is 4.68 Å². The van der Waals surface area contributed by atoms with Gasteiger partial charge in [-0.15, -0.1) is 0 Å². The van der Waals surface area contributed by atoms with Crippen LogP contribution in [0.4, 0.5) is 5.82 Å². The number of aromatic nitrogens is 2. The summed E-state index contributed by atoms with van der Waals surface area (Å²) in [5.74, 6) is 0.577. The van der Waals surface area contributed by atoms with E-state index in [9.17, 15) is 9.59 Å². The zero-order valence-corrected chi connectivity index (χ0v) is 16.1. The van der Waals surface area contributed by atoms with E-state index in [1.165, 1.54) is 5.56 Å². The van der Waals surface area contributed by atoms with E-state index in [0.29, 0.717) is 18.0 Å². The van der Waals surface area contributed by atoms with Crippen LogP contribution < -0.4 is 15.8 Å². The number of nitrogens with two attached hydrogens (primary N) is 1. The van der Waals surface area contributed by atoms with Gasteiger partial charge in [-0.3, -0.25) is 9.59 Å². The van der Waals surface area contributed by atoms with Crippen molar-refractivity contribution in [3.63, 3.8) is 0 Å². The summed E-state index contributed by atoms with van der Waals surface area (Å²) in [4.78, 5) is 23.3. The Hall–Kier alpha value is -3.61. The zero-order valence-electron chi connectivity index (χ0n) is 16.1. The summed E-state index contributed by atoms with van der Waals surface area (Å²) in [6.45, 7) is 1.94. The van der Waals surface area contributed by atoms with E-state index in [2.05, 4.69) is 29.5 Å². The van der Waals surface area contributed by atoms with Crippen molar-refractivity contribution in [2.45, 2.75) is 25.7 Å². The first-order chi connectivity index (χ1) is 14.0. The Kier molecular flexibility index (Phi) is 5.03. The number of aryl methyl sites for hydroxylation is 1. The predicted octanol–water partition coefficient (Wildman–Crippen LogP) is 2.77. The van der Waals surface area contributed by atoms with Gasteiger partial charge >= 0.3 is 0 Å². The number of fused-ring (bicyclic) bond motifs is 1. The number of carbonyl (C=O) groups excluding carboxylic acids is 2. The van der Waals surface area contributed by atoms with E-state index in [0.717, 1.165) is 23.2 Å². The lowest BCUT2D eigenvalue weighted by molar-refractivity contribution is -0.120. The van der Waals surface area contributed by atoms with Crippen molar-refractivity contribution in [3.05, 3.63) is 71.4 Å². The van der Waals surface area contributed by atoms with E-state index >= 15 is 0 Å². The molecule has 0 bridgehead atoms. The Bertz CT molecular complexity index is 1060. The summed E-state index contributed by atoms with van der Waals surface area (Å²) in [5.41, 5.74) is 9.18. The number of hydrogen-bond acceptors (Lipinski definition) is 4. The maximum atomic E-state index is 12.4. The van der Waals surface area contributed by atoms with Gasteiger partial charge < -0.3 is 15.8 Å². The van der Waals surface area contributed by atoms with Crippen molar-refractivity contribution in [1.82, 2.24) is 9.78 Å². The maximum absolute atomic E-state index is 12.4. The fraction of sp³-hybridized carbons (Fsp3) is 0.227. The normalized spacial score (nSPS) is 15.5. The van der Waals surface area contributed by atoms with Crippen LogP contribution in [-0.4, -0.2) is 28.2 Å². The summed E-state index contributed by atoms with van der Waals surface area (Å²) < 4.78 is 7.09. The average molecular weight is 390 g/mol. The Morgan fingerprint density at radius 3 is 2.79 bits per heavy atom. The average Bonchev–Trinajstić information content (AvgIpc) is 3.16. The number of nitrogens with zero attached hydrogens (tertiary/aromatic N) is 2. The topological polar surface area (TPSA) is 99.2 Å². The van der Waals surface area contributed by atoms with Crippen molar-refractivity contribution in [3.8, 4) is 11.4 Å². The summed E-state index contributed by atoms with van der Waals surface area (Å²) in [5, 5.41) is 7.52. The lowest BCUT2D eigenvalue weighted by atomic mass is 9.87. The number of rotatable bonds is 6. The number of ether oxygens (including phenoxy) is 1. The number of nitrogens with one attached hydrogen (secondary N) is 1. The molecule has 1 aromatic heterocycles. The number of carbonyl (C=O) groups is 2. The molecule has 1 aliphatic rings. The van der Waals surface area contributed by atoms with Crippen LogP contribution in [0, 0.1) is 0 Å². The molecule has 1 unspecified atom stereocenters. The Morgan fingerprint density at radius 2 is 2.07 bits per heavy atom. The molecule has 7 nitrogen and oxygen atoms in total. The van der Waals surface area contributed by atoms with Gasteiger partial charge in [-0.05, 0) is 41.8 Å². The molecule has 7 heteroatoms. The summed E-state index contributed by atoms with van der Waals surface area (Å²) in [7, 11) is 0. The first-order valence-corrected chi connectivity index (χ1v) is 9.53. The summed E-state index contributed by atoms with van der Waals surface area (Å²) in [6.07, 6.45) is 3.08. The van der Waals surface area contributed by atoms with Crippen LogP contribution >= 0.6 is 0 Å². The lowest BCUT2D eigenvalue weighted by Crippen LogP contribution is -2.24. The second-order valence-corrected chi connectivity index (χ2v) is 7.01. The molecule has 0 saturated heterocycles. The van der Waals surface area contributed by atoms with Crippen molar-refractivity contribution in [1.29, 1.82) is 0 Å². The molecule has 0 spiro atoms. The van der Waals surface area contributed by atoms with Crippen LogP contribution in [0.25, 0.3) is 5.69 Å². The van der Waals surface area contributed by atoms with Crippen molar-refractivity contribution in [2.75, 3.05) is 11.9 Å². The second kappa shape index (κ2) is 7.79. The van der Waals surface area contributed by atoms with Crippen molar-refractivity contribution >= 4 is 17.6 Å². The largest absolute Gasteiger partial charge is 0.484 e. The molecule has 2 amide bonds. The molecule has 2 heterocycles. The first-order valence-electron chi connectivity index (χ1n) is 9.53. The van der Waals surface area contributed by atoms with Crippen LogP contribution in [0.1, 0.15) is 36.0 Å². The molecule has 1 atom stereocenters. The maximum Gasteiger partial charge on any atom is 0.255 e. The van der Waals surface area contributed by atoms with Crippen LogP contribution in [0.2, 0.25) is 0 Å². The minimum Gasteiger partial charge on any atom is -0.484 e. The number of anilines is 1. The minimum absolute atomic E-state index is 0.0510. The number of benzene rings is 2. The van der Waals surface area contributed by atoms with Crippen molar-refractivity contribution in [2.24, 2.45) is 5.73 Å². The molecule has 0 fully saturated rings. The molecular formula is C22H22N4O3. The monoisotopic (exact) mass is 390 g/mol. The molecule has 0 saturated carbocycles. The molecule has 29 heavy (non-hydrogen) atoms. The van der Waals surface area contributed by atoms with E-state index in [-0.39, 0.29) is 18.4 Å². The lowest BCUT2D eigenvalue weighted by Gasteiger charge is -2.24. The van der Waals surface area contributed by atoms with Crippen LogP contribution in [0.3, 0.4) is 0 Å². The standard InChI is InChI=1S/C22H22N4O3/c1-2-14-4-3-5-16(10-14)26-22-19(12-24-26)18(11-21(28)25-22)15-6-8-17(9-7-15)29-13-20(23)27/h3-10,12,18H,2,11,13H2,1H3,(H2,23,27)(H,25,28). The molecule has 3 aromatic rings. The quantitative estimate of drug-likeness (QED) is 0.676. The molecule has 1 aliphatic heterocycles. The van der Waals surface area contributed by atoms with Gasteiger partial charge in [0.05, 0.1) is 11.9 Å². The highest BCUT2D eigenvalue weighted by atomic mass is 16.5. The smallest absolute Gasteiger partial charge is 0.255 e. The first kappa shape index (κ1) is 18.7. The van der Waals surface area contributed by atoms with Crippen LogP contribution in [0.15, 0.2) is 54.7 Å². The second-order valence-electron chi connectivity index (χ2n) is 7.01. The molecule has 4 rings (SSSR count). The van der Waals surface area contributed by atoms with E-state index < -0.39 is 5.91 Å². The third kappa shape index (κ3) is 3.85. The SMILES string of the molecule is CCc1cccc(-n2ncc3c2NC(=O)CC3c2ccc(OCC(N)=O)cc2)c1. The molecular weight excluding hydrogens is 368 g/mol. The Balaban J connectivity index is 1.66. The number of primary amides is 1. The molecule has 3 N–H and O–H groups in total. The van der Waals surface area contributed by atoms with Gasteiger partial charge in [0.25, 0.3) is 5.91 Å². The predicted molar refractivity (Wildman–Crippen MR) is 109 cm³/mol. The van der Waals surface area contributed by atoms with Gasteiger partial charge in [0.2, 0.25) is 5.91 Å². The van der Waals surface area contributed by atoms with Crippen molar-refractivity contribution < 1.29 is 14.3 Å². The Morgan fingerprint density at radius 1 is 1.28 bits per heavy atom. The van der Waals surface area contributed by atoms with Gasteiger partial charge in [-0.1, -0.05) is 31.2 Å². The van der Waals surface area contributed by atoms with Gasteiger partial charge in [0, 0.05) is 17.9 Å². The third-order valence-electron chi connectivity index (χ3n) is 5.05. The summed E-state index contributed by atoms with van der Waals surface area (Å²) in [6, 6.07) is 15.5. The van der Waals surface area contributed by atoms with E-state index in [1.807, 2.05) is 30.5 Å². The third-order valence-corrected chi connectivity index (χ3v) is 5.05. The minimum atomic E-state index is -0.526. The fourth-order valence-electron chi connectivity index (χ4n) is 3.57. The zero-order chi connectivity index (χ0) is 20.4. The highest BCUT2D eigenvalue weighted by Gasteiger charge is 2.30. The van der Waals surface area contributed by atoms with Crippen LogP contribution in [-0.2, 0) is 16.0 Å². The highest BCUT2D eigenvalue weighted by molar-refractivity contribution is 5.94. The summed E-state index contributed by atoms with van der Waals surface area (Å²) >= 11 is 0.